The lowest BCUT2D eigenvalue weighted by atomic mass is 9.89. The molecule has 1 aromatic rings. The summed E-state index contributed by atoms with van der Waals surface area (Å²) in [5.74, 6) is -1.06. The average molecular weight is 315 g/mol. The number of carboxylic acid groups (broad SMARTS) is 1. The molecule has 0 bridgehead atoms. The fraction of sp³-hybridized carbons (Fsp3) is 0.556. The minimum absolute atomic E-state index is 0.0841. The first-order valence-electron chi connectivity index (χ1n) is 8.33. The first kappa shape index (κ1) is 14.7. The van der Waals surface area contributed by atoms with Crippen molar-refractivity contribution < 1.29 is 19.4 Å². The molecule has 1 saturated heterocycles. The standard InChI is InChI=1S/C18H21NO4/c20-16(14-11-18(14)6-9-23-10-7-18)19-8-5-13(17(21)22)12-3-1-2-4-15(12)19/h1-4,13-14H,5-11H2,(H,21,22). The van der Waals surface area contributed by atoms with E-state index in [-0.39, 0.29) is 17.2 Å². The van der Waals surface area contributed by atoms with Crippen LogP contribution in [0.3, 0.4) is 0 Å². The van der Waals surface area contributed by atoms with Gasteiger partial charge in [-0.25, -0.2) is 0 Å². The maximum atomic E-state index is 13.0. The zero-order valence-electron chi connectivity index (χ0n) is 13.0. The van der Waals surface area contributed by atoms with Gasteiger partial charge in [0.1, 0.15) is 0 Å². The van der Waals surface area contributed by atoms with E-state index in [0.717, 1.165) is 43.7 Å². The highest BCUT2D eigenvalue weighted by Crippen LogP contribution is 2.60. The molecule has 5 heteroatoms. The molecule has 2 heterocycles. The Morgan fingerprint density at radius 1 is 1.22 bits per heavy atom. The minimum Gasteiger partial charge on any atom is -0.481 e. The van der Waals surface area contributed by atoms with Crippen molar-refractivity contribution in [2.45, 2.75) is 31.6 Å². The van der Waals surface area contributed by atoms with Crippen molar-refractivity contribution in [3.63, 3.8) is 0 Å². The normalized spacial score (nSPS) is 28.3. The molecule has 5 nitrogen and oxygen atoms in total. The molecule has 2 fully saturated rings. The number of carbonyl (C=O) groups excluding carboxylic acids is 1. The lowest BCUT2D eigenvalue weighted by Gasteiger charge is -2.33. The predicted octanol–water partition coefficient (Wildman–Crippen LogP) is 2.41. The van der Waals surface area contributed by atoms with Crippen molar-refractivity contribution in [2.24, 2.45) is 11.3 Å². The van der Waals surface area contributed by atoms with Gasteiger partial charge in [0.15, 0.2) is 0 Å². The largest absolute Gasteiger partial charge is 0.481 e. The third-order valence-corrected chi connectivity index (χ3v) is 5.78. The molecule has 1 aliphatic carbocycles. The second kappa shape index (κ2) is 5.34. The van der Waals surface area contributed by atoms with E-state index in [9.17, 15) is 14.7 Å². The summed E-state index contributed by atoms with van der Waals surface area (Å²) in [5, 5.41) is 9.41. The van der Waals surface area contributed by atoms with Crippen LogP contribution in [0, 0.1) is 11.3 Å². The predicted molar refractivity (Wildman–Crippen MR) is 84.4 cm³/mol. The molecule has 122 valence electrons. The number of hydrogen-bond acceptors (Lipinski definition) is 3. The van der Waals surface area contributed by atoms with Gasteiger partial charge < -0.3 is 14.7 Å². The summed E-state index contributed by atoms with van der Waals surface area (Å²) in [7, 11) is 0. The second-order valence-corrected chi connectivity index (χ2v) is 6.96. The zero-order chi connectivity index (χ0) is 16.0. The van der Waals surface area contributed by atoms with Gasteiger partial charge in [0, 0.05) is 31.4 Å². The highest BCUT2D eigenvalue weighted by Gasteiger charge is 2.59. The van der Waals surface area contributed by atoms with Crippen LogP contribution in [0.5, 0.6) is 0 Å². The Balaban J connectivity index is 1.59. The molecule has 2 unspecified atom stereocenters. The summed E-state index contributed by atoms with van der Waals surface area (Å²) in [6.45, 7) is 2.00. The number of fused-ring (bicyclic) bond motifs is 1. The maximum absolute atomic E-state index is 13.0. The van der Waals surface area contributed by atoms with Gasteiger partial charge in [0.05, 0.1) is 5.92 Å². The van der Waals surface area contributed by atoms with E-state index in [2.05, 4.69) is 0 Å². The van der Waals surface area contributed by atoms with Crippen LogP contribution < -0.4 is 4.90 Å². The number of carboxylic acids is 1. The molecular weight excluding hydrogens is 294 g/mol. The fourth-order valence-corrected chi connectivity index (χ4v) is 4.26. The van der Waals surface area contributed by atoms with Crippen LogP contribution in [-0.2, 0) is 14.3 Å². The van der Waals surface area contributed by atoms with Gasteiger partial charge in [-0.05, 0) is 42.7 Å². The third-order valence-electron chi connectivity index (χ3n) is 5.78. The highest BCUT2D eigenvalue weighted by molar-refractivity contribution is 5.99. The number of rotatable bonds is 2. The third kappa shape index (κ3) is 2.34. The molecule has 1 amide bonds. The lowest BCUT2D eigenvalue weighted by Crippen LogP contribution is -2.40. The molecular formula is C18H21NO4. The lowest BCUT2D eigenvalue weighted by molar-refractivity contribution is -0.139. The van der Waals surface area contributed by atoms with Gasteiger partial charge in [-0.15, -0.1) is 0 Å². The van der Waals surface area contributed by atoms with Crippen molar-refractivity contribution in [3.8, 4) is 0 Å². The summed E-state index contributed by atoms with van der Waals surface area (Å²) in [6, 6.07) is 7.44. The number of para-hydroxylation sites is 1. The SMILES string of the molecule is O=C(O)C1CCN(C(=O)C2CC23CCOCC3)c2ccccc21. The molecule has 23 heavy (non-hydrogen) atoms. The highest BCUT2D eigenvalue weighted by atomic mass is 16.5. The van der Waals surface area contributed by atoms with Gasteiger partial charge in [0.25, 0.3) is 0 Å². The van der Waals surface area contributed by atoms with E-state index in [1.165, 1.54) is 0 Å². The van der Waals surface area contributed by atoms with Crippen LogP contribution in [-0.4, -0.2) is 36.7 Å². The smallest absolute Gasteiger partial charge is 0.311 e. The van der Waals surface area contributed by atoms with E-state index in [0.29, 0.717) is 13.0 Å². The van der Waals surface area contributed by atoms with E-state index < -0.39 is 11.9 Å². The van der Waals surface area contributed by atoms with E-state index in [4.69, 9.17) is 4.74 Å². The number of carbonyl (C=O) groups is 2. The summed E-state index contributed by atoms with van der Waals surface area (Å²) in [4.78, 5) is 26.3. The number of ether oxygens (including phenoxy) is 1. The molecule has 2 aliphatic heterocycles. The van der Waals surface area contributed by atoms with Crippen LogP contribution in [0.4, 0.5) is 5.69 Å². The number of hydrogen-bond donors (Lipinski definition) is 1. The average Bonchev–Trinajstić information content (AvgIpc) is 3.26. The Morgan fingerprint density at radius 2 is 1.96 bits per heavy atom. The number of anilines is 1. The fourth-order valence-electron chi connectivity index (χ4n) is 4.26. The molecule has 2 atom stereocenters. The van der Waals surface area contributed by atoms with Gasteiger partial charge in [-0.1, -0.05) is 18.2 Å². The Kier molecular flexibility index (Phi) is 3.41. The van der Waals surface area contributed by atoms with Crippen LogP contribution >= 0.6 is 0 Å². The number of benzene rings is 1. The molecule has 0 radical (unpaired) electrons. The first-order valence-corrected chi connectivity index (χ1v) is 8.33. The summed E-state index contributed by atoms with van der Waals surface area (Å²) >= 11 is 0. The maximum Gasteiger partial charge on any atom is 0.311 e. The molecule has 1 saturated carbocycles. The van der Waals surface area contributed by atoms with Crippen molar-refractivity contribution >= 4 is 17.6 Å². The Hall–Kier alpha value is -1.88. The van der Waals surface area contributed by atoms with Gasteiger partial charge in [-0.3, -0.25) is 9.59 Å². The molecule has 0 aromatic heterocycles. The summed E-state index contributed by atoms with van der Waals surface area (Å²) in [5.41, 5.74) is 1.69. The quantitative estimate of drug-likeness (QED) is 0.910. The van der Waals surface area contributed by atoms with Crippen molar-refractivity contribution in [1.29, 1.82) is 0 Å². The van der Waals surface area contributed by atoms with Crippen molar-refractivity contribution in [1.82, 2.24) is 0 Å². The number of aliphatic carboxylic acids is 1. The number of nitrogens with zero attached hydrogens (tertiary/aromatic N) is 1. The van der Waals surface area contributed by atoms with Gasteiger partial charge >= 0.3 is 5.97 Å². The monoisotopic (exact) mass is 315 g/mol. The van der Waals surface area contributed by atoms with Crippen LogP contribution in [0.25, 0.3) is 0 Å². The Labute approximate surface area is 135 Å². The summed E-state index contributed by atoms with van der Waals surface area (Å²) in [6.07, 6.45) is 3.38. The van der Waals surface area contributed by atoms with Gasteiger partial charge in [-0.2, -0.15) is 0 Å². The molecule has 1 aromatic carbocycles. The van der Waals surface area contributed by atoms with Crippen molar-refractivity contribution in [3.05, 3.63) is 29.8 Å². The van der Waals surface area contributed by atoms with Crippen molar-refractivity contribution in [2.75, 3.05) is 24.7 Å². The zero-order valence-corrected chi connectivity index (χ0v) is 13.0. The molecule has 3 aliphatic rings. The Bertz CT molecular complexity index is 650. The first-order chi connectivity index (χ1) is 11.1. The molecule has 1 N–H and O–H groups in total. The topological polar surface area (TPSA) is 66.8 Å². The van der Waals surface area contributed by atoms with E-state index in [1.807, 2.05) is 29.2 Å². The van der Waals surface area contributed by atoms with Crippen LogP contribution in [0.15, 0.2) is 24.3 Å². The Morgan fingerprint density at radius 3 is 2.70 bits per heavy atom. The van der Waals surface area contributed by atoms with Crippen LogP contribution in [0.2, 0.25) is 0 Å². The second-order valence-electron chi connectivity index (χ2n) is 6.96. The van der Waals surface area contributed by atoms with Crippen LogP contribution in [0.1, 0.15) is 37.2 Å². The number of amides is 1. The van der Waals surface area contributed by atoms with E-state index >= 15 is 0 Å². The molecule has 1 spiro atoms. The van der Waals surface area contributed by atoms with Gasteiger partial charge in [0.2, 0.25) is 5.91 Å². The summed E-state index contributed by atoms with van der Waals surface area (Å²) < 4.78 is 5.43. The molecule has 4 rings (SSSR count). The van der Waals surface area contributed by atoms with E-state index in [1.54, 1.807) is 0 Å². The minimum atomic E-state index is -0.808.